The summed E-state index contributed by atoms with van der Waals surface area (Å²) >= 11 is 0. The Kier molecular flexibility index (Phi) is 5.83. The van der Waals surface area contributed by atoms with Crippen molar-refractivity contribution in [2.24, 2.45) is 0 Å². The molecule has 5 atom stereocenters. The van der Waals surface area contributed by atoms with Gasteiger partial charge in [0.2, 0.25) is 6.29 Å². The van der Waals surface area contributed by atoms with E-state index in [-0.39, 0.29) is 16.9 Å². The SMILES string of the molecule is COc1cc2c(cc1C(=O)OC1OC(CO)C(O)C(O)C1O)CCC(C)(C)O2. The lowest BCUT2D eigenvalue weighted by Crippen LogP contribution is -2.59. The lowest BCUT2D eigenvalue weighted by molar-refractivity contribution is -0.285. The summed E-state index contributed by atoms with van der Waals surface area (Å²) in [6.45, 7) is 3.34. The fourth-order valence-corrected chi connectivity index (χ4v) is 3.34. The molecule has 2 aliphatic heterocycles. The number of hydrogen-bond acceptors (Lipinski definition) is 9. The number of hydrogen-bond donors (Lipinski definition) is 4. The van der Waals surface area contributed by atoms with Gasteiger partial charge >= 0.3 is 5.97 Å². The number of carbonyl (C=O) groups excluding carboxylic acids is 1. The Hall–Kier alpha value is -1.91. The Balaban J connectivity index is 1.82. The molecule has 2 heterocycles. The third-order valence-corrected chi connectivity index (χ3v) is 5.06. The van der Waals surface area contributed by atoms with Crippen molar-refractivity contribution in [3.05, 3.63) is 23.3 Å². The Morgan fingerprint density at radius 1 is 1.21 bits per heavy atom. The summed E-state index contributed by atoms with van der Waals surface area (Å²) in [5, 5.41) is 38.9. The number of aliphatic hydroxyl groups excluding tert-OH is 4. The van der Waals surface area contributed by atoms with Gasteiger partial charge in [-0.2, -0.15) is 0 Å². The Labute approximate surface area is 162 Å². The van der Waals surface area contributed by atoms with Crippen LogP contribution in [-0.2, 0) is 15.9 Å². The van der Waals surface area contributed by atoms with Gasteiger partial charge in [0.1, 0.15) is 47.1 Å². The molecule has 1 fully saturated rings. The minimum Gasteiger partial charge on any atom is -0.496 e. The number of carbonyl (C=O) groups is 1. The van der Waals surface area contributed by atoms with Crippen LogP contribution in [0.2, 0.25) is 0 Å². The first-order valence-electron chi connectivity index (χ1n) is 9.08. The molecule has 1 saturated heterocycles. The van der Waals surface area contributed by atoms with Gasteiger partial charge in [-0.3, -0.25) is 0 Å². The topological polar surface area (TPSA) is 135 Å². The summed E-state index contributed by atoms with van der Waals surface area (Å²) in [5.41, 5.74) is 0.610. The number of methoxy groups -OCH3 is 1. The number of aliphatic hydroxyl groups is 4. The molecule has 156 valence electrons. The van der Waals surface area contributed by atoms with E-state index in [1.54, 1.807) is 12.1 Å². The summed E-state index contributed by atoms with van der Waals surface area (Å²) in [5.74, 6) is 0.0114. The second kappa shape index (κ2) is 7.84. The fraction of sp³-hybridized carbons (Fsp3) is 0.632. The van der Waals surface area contributed by atoms with Gasteiger partial charge in [0.15, 0.2) is 0 Å². The molecular formula is C19H26O9. The van der Waals surface area contributed by atoms with Gasteiger partial charge in [-0.15, -0.1) is 0 Å². The summed E-state index contributed by atoms with van der Waals surface area (Å²) < 4.78 is 21.6. The normalized spacial score (nSPS) is 31.5. The Bertz CT molecular complexity index is 730. The maximum atomic E-state index is 12.7. The average molecular weight is 398 g/mol. The van der Waals surface area contributed by atoms with Crippen molar-refractivity contribution in [3.8, 4) is 11.5 Å². The highest BCUT2D eigenvalue weighted by molar-refractivity contribution is 5.93. The van der Waals surface area contributed by atoms with Gasteiger partial charge in [0, 0.05) is 6.07 Å². The second-order valence-corrected chi connectivity index (χ2v) is 7.62. The lowest BCUT2D eigenvalue weighted by atomic mass is 9.93. The van der Waals surface area contributed by atoms with Crippen LogP contribution in [0.15, 0.2) is 12.1 Å². The van der Waals surface area contributed by atoms with E-state index < -0.39 is 43.3 Å². The summed E-state index contributed by atoms with van der Waals surface area (Å²) in [6, 6.07) is 3.22. The largest absolute Gasteiger partial charge is 0.496 e. The minimum absolute atomic E-state index is 0.113. The molecule has 0 aromatic heterocycles. The van der Waals surface area contributed by atoms with Crippen LogP contribution in [0.5, 0.6) is 11.5 Å². The zero-order chi connectivity index (χ0) is 20.6. The van der Waals surface area contributed by atoms with Gasteiger partial charge < -0.3 is 39.4 Å². The van der Waals surface area contributed by atoms with E-state index in [4.69, 9.17) is 18.9 Å². The van der Waals surface area contributed by atoms with Crippen LogP contribution in [0, 0.1) is 0 Å². The van der Waals surface area contributed by atoms with E-state index >= 15 is 0 Å². The van der Waals surface area contributed by atoms with E-state index in [1.165, 1.54) is 7.11 Å². The highest BCUT2D eigenvalue weighted by Gasteiger charge is 2.45. The quantitative estimate of drug-likeness (QED) is 0.507. The van der Waals surface area contributed by atoms with Gasteiger partial charge in [-0.05, 0) is 38.3 Å². The van der Waals surface area contributed by atoms with Gasteiger partial charge in [0.25, 0.3) is 0 Å². The molecule has 0 bridgehead atoms. The van der Waals surface area contributed by atoms with E-state index in [9.17, 15) is 25.2 Å². The molecule has 2 aliphatic rings. The van der Waals surface area contributed by atoms with Gasteiger partial charge in [0.05, 0.1) is 13.7 Å². The number of ether oxygens (including phenoxy) is 4. The molecule has 9 nitrogen and oxygen atoms in total. The van der Waals surface area contributed by atoms with Crippen molar-refractivity contribution < 1.29 is 44.2 Å². The molecule has 0 radical (unpaired) electrons. The number of rotatable bonds is 4. The van der Waals surface area contributed by atoms with Crippen molar-refractivity contribution >= 4 is 5.97 Å². The molecule has 0 spiro atoms. The van der Waals surface area contributed by atoms with Crippen LogP contribution in [0.4, 0.5) is 0 Å². The number of aryl methyl sites for hydroxylation is 1. The molecule has 0 amide bonds. The number of fused-ring (bicyclic) bond motifs is 1. The number of esters is 1. The van der Waals surface area contributed by atoms with E-state index in [0.29, 0.717) is 12.2 Å². The lowest BCUT2D eigenvalue weighted by Gasteiger charge is -2.39. The third-order valence-electron chi connectivity index (χ3n) is 5.06. The van der Waals surface area contributed by atoms with E-state index in [2.05, 4.69) is 0 Å². The first-order chi connectivity index (χ1) is 13.2. The molecule has 1 aromatic rings. The van der Waals surface area contributed by atoms with E-state index in [1.807, 2.05) is 13.8 Å². The molecule has 5 unspecified atom stereocenters. The summed E-state index contributed by atoms with van der Waals surface area (Å²) in [6.07, 6.45) is -6.09. The van der Waals surface area contributed by atoms with Crippen molar-refractivity contribution in [3.63, 3.8) is 0 Å². The zero-order valence-electron chi connectivity index (χ0n) is 16.0. The molecular weight excluding hydrogens is 372 g/mol. The Morgan fingerprint density at radius 3 is 2.57 bits per heavy atom. The predicted octanol–water partition coefficient (Wildman–Crippen LogP) is -0.245. The fourth-order valence-electron chi connectivity index (χ4n) is 3.34. The van der Waals surface area contributed by atoms with Crippen LogP contribution in [-0.4, -0.2) is 76.4 Å². The maximum Gasteiger partial charge on any atom is 0.344 e. The summed E-state index contributed by atoms with van der Waals surface area (Å²) in [7, 11) is 1.40. The zero-order valence-corrected chi connectivity index (χ0v) is 16.0. The van der Waals surface area contributed by atoms with Crippen molar-refractivity contribution in [1.29, 1.82) is 0 Å². The highest BCUT2D eigenvalue weighted by atomic mass is 16.7. The first-order valence-corrected chi connectivity index (χ1v) is 9.08. The molecule has 9 heteroatoms. The smallest absolute Gasteiger partial charge is 0.344 e. The second-order valence-electron chi connectivity index (χ2n) is 7.62. The summed E-state index contributed by atoms with van der Waals surface area (Å²) in [4.78, 5) is 12.7. The van der Waals surface area contributed by atoms with Crippen molar-refractivity contribution in [2.75, 3.05) is 13.7 Å². The monoisotopic (exact) mass is 398 g/mol. The molecule has 0 saturated carbocycles. The standard InChI is InChI=1S/C19H26O9/c1-19(2)5-4-9-6-10(12(25-3)7-11(9)28-19)17(24)27-18-16(23)15(22)14(21)13(8-20)26-18/h6-7,13-16,18,20-23H,4-5,8H2,1-3H3. The predicted molar refractivity (Wildman–Crippen MR) is 95.2 cm³/mol. The van der Waals surface area contributed by atoms with Crippen LogP contribution in [0.25, 0.3) is 0 Å². The van der Waals surface area contributed by atoms with Crippen molar-refractivity contribution in [2.45, 2.75) is 63.0 Å². The number of benzene rings is 1. The van der Waals surface area contributed by atoms with Gasteiger partial charge in [-0.1, -0.05) is 0 Å². The van der Waals surface area contributed by atoms with Crippen LogP contribution < -0.4 is 9.47 Å². The molecule has 1 aromatic carbocycles. The van der Waals surface area contributed by atoms with Crippen LogP contribution in [0.3, 0.4) is 0 Å². The average Bonchev–Trinajstić information content (AvgIpc) is 2.66. The van der Waals surface area contributed by atoms with Crippen LogP contribution >= 0.6 is 0 Å². The van der Waals surface area contributed by atoms with Crippen molar-refractivity contribution in [1.82, 2.24) is 0 Å². The first kappa shape index (κ1) is 20.8. The highest BCUT2D eigenvalue weighted by Crippen LogP contribution is 2.38. The van der Waals surface area contributed by atoms with E-state index in [0.717, 1.165) is 12.0 Å². The minimum atomic E-state index is -1.67. The molecule has 28 heavy (non-hydrogen) atoms. The molecule has 0 aliphatic carbocycles. The molecule has 4 N–H and O–H groups in total. The Morgan fingerprint density at radius 2 is 1.93 bits per heavy atom. The van der Waals surface area contributed by atoms with Crippen LogP contribution in [0.1, 0.15) is 36.2 Å². The van der Waals surface area contributed by atoms with Gasteiger partial charge in [-0.25, -0.2) is 4.79 Å². The maximum absolute atomic E-state index is 12.7. The molecule has 3 rings (SSSR count). The third kappa shape index (κ3) is 3.94.